The van der Waals surface area contributed by atoms with Gasteiger partial charge in [-0.2, -0.15) is 0 Å². The van der Waals surface area contributed by atoms with Crippen LogP contribution >= 0.6 is 0 Å². The first-order valence-corrected chi connectivity index (χ1v) is 8.83. The highest BCUT2D eigenvalue weighted by molar-refractivity contribution is 5.95. The quantitative estimate of drug-likeness (QED) is 0.797. The van der Waals surface area contributed by atoms with E-state index in [1.807, 2.05) is 12.1 Å². The molecular weight excluding hydrogens is 314 g/mol. The van der Waals surface area contributed by atoms with Crippen molar-refractivity contribution in [3.8, 4) is 0 Å². The number of nitrogens with one attached hydrogen (secondary N) is 2. The number of amides is 1. The molecule has 1 fully saturated rings. The van der Waals surface area contributed by atoms with Crippen molar-refractivity contribution in [3.63, 3.8) is 0 Å². The van der Waals surface area contributed by atoms with Crippen molar-refractivity contribution in [1.82, 2.24) is 5.32 Å². The zero-order valence-corrected chi connectivity index (χ0v) is 14.1. The molecule has 130 valence electrons. The van der Waals surface area contributed by atoms with Crippen molar-refractivity contribution in [1.29, 1.82) is 0 Å². The van der Waals surface area contributed by atoms with Crippen LogP contribution in [0.3, 0.4) is 0 Å². The van der Waals surface area contributed by atoms with E-state index in [1.54, 1.807) is 0 Å². The maximum absolute atomic E-state index is 12.2. The molecule has 2 unspecified atom stereocenters. The second-order valence-corrected chi connectivity index (χ2v) is 6.84. The van der Waals surface area contributed by atoms with Gasteiger partial charge in [-0.1, -0.05) is 30.3 Å². The molecule has 2 heterocycles. The predicted octanol–water partition coefficient (Wildman–Crippen LogP) is 1.91. The topological polar surface area (TPSA) is 64.6 Å². The molecule has 2 aromatic carbocycles. The van der Waals surface area contributed by atoms with Crippen LogP contribution in [0.25, 0.3) is 0 Å². The number of rotatable bonds is 4. The van der Waals surface area contributed by atoms with Crippen molar-refractivity contribution < 1.29 is 9.90 Å². The maximum atomic E-state index is 12.2. The number of aliphatic hydroxyl groups excluding tert-OH is 1. The van der Waals surface area contributed by atoms with Crippen molar-refractivity contribution in [2.45, 2.75) is 31.5 Å². The molecule has 2 atom stereocenters. The van der Waals surface area contributed by atoms with Crippen LogP contribution in [0.15, 0.2) is 48.5 Å². The summed E-state index contributed by atoms with van der Waals surface area (Å²) in [4.78, 5) is 14.6. The molecule has 0 aromatic heterocycles. The Labute approximate surface area is 147 Å². The van der Waals surface area contributed by atoms with Gasteiger partial charge in [0.25, 0.3) is 0 Å². The summed E-state index contributed by atoms with van der Waals surface area (Å²) in [5, 5.41) is 15.5. The van der Waals surface area contributed by atoms with E-state index in [9.17, 15) is 9.90 Å². The zero-order chi connectivity index (χ0) is 17.2. The van der Waals surface area contributed by atoms with Gasteiger partial charge in [-0.25, -0.2) is 0 Å². The van der Waals surface area contributed by atoms with Gasteiger partial charge in [0.2, 0.25) is 5.91 Å². The number of para-hydroxylation sites is 1. The van der Waals surface area contributed by atoms with Gasteiger partial charge >= 0.3 is 0 Å². The highest BCUT2D eigenvalue weighted by atomic mass is 16.3. The van der Waals surface area contributed by atoms with Crippen molar-refractivity contribution in [3.05, 3.63) is 59.7 Å². The normalized spacial score (nSPS) is 22.0. The number of carbonyl (C=O) groups excluding carboxylic acids is 1. The number of anilines is 2. The van der Waals surface area contributed by atoms with Gasteiger partial charge in [-0.3, -0.25) is 4.79 Å². The van der Waals surface area contributed by atoms with E-state index < -0.39 is 6.10 Å². The summed E-state index contributed by atoms with van der Waals surface area (Å²) >= 11 is 0. The van der Waals surface area contributed by atoms with E-state index in [4.69, 9.17) is 0 Å². The van der Waals surface area contributed by atoms with Gasteiger partial charge in [-0.15, -0.1) is 0 Å². The van der Waals surface area contributed by atoms with E-state index in [-0.39, 0.29) is 11.9 Å². The molecule has 5 heteroatoms. The third-order valence-electron chi connectivity index (χ3n) is 5.00. The second-order valence-electron chi connectivity index (χ2n) is 6.84. The first-order chi connectivity index (χ1) is 12.2. The van der Waals surface area contributed by atoms with Crippen LogP contribution in [-0.2, 0) is 17.8 Å². The largest absolute Gasteiger partial charge is 0.392 e. The van der Waals surface area contributed by atoms with E-state index in [0.717, 1.165) is 25.2 Å². The molecule has 2 aromatic rings. The molecule has 1 amide bonds. The van der Waals surface area contributed by atoms with Gasteiger partial charge in [0.1, 0.15) is 0 Å². The Bertz CT molecular complexity index is 760. The third kappa shape index (κ3) is 3.52. The highest BCUT2D eigenvalue weighted by Gasteiger charge is 2.28. The fourth-order valence-corrected chi connectivity index (χ4v) is 3.63. The first-order valence-electron chi connectivity index (χ1n) is 8.83. The Morgan fingerprint density at radius 2 is 2.00 bits per heavy atom. The maximum Gasteiger partial charge on any atom is 0.241 e. The van der Waals surface area contributed by atoms with E-state index in [2.05, 4.69) is 51.9 Å². The van der Waals surface area contributed by atoms with Gasteiger partial charge in [0.15, 0.2) is 0 Å². The summed E-state index contributed by atoms with van der Waals surface area (Å²) in [5.74, 6) is -0.0854. The number of nitrogens with zero attached hydrogens (tertiary/aromatic N) is 1. The van der Waals surface area contributed by atoms with Crippen LogP contribution in [-0.4, -0.2) is 36.2 Å². The van der Waals surface area contributed by atoms with Crippen molar-refractivity contribution in [2.24, 2.45) is 0 Å². The lowest BCUT2D eigenvalue weighted by Crippen LogP contribution is -2.35. The number of benzene rings is 2. The lowest BCUT2D eigenvalue weighted by Gasteiger charge is -2.19. The standard InChI is InChI=1S/C20H23N3O2/c24-17-11-18(21-12-17)20(25)22-16-7-5-14(6-8-16)13-23-10-9-15-3-1-2-4-19(15)23/h1-8,17-18,21,24H,9-13H2,(H,22,25). The van der Waals surface area contributed by atoms with E-state index in [1.165, 1.54) is 16.8 Å². The lowest BCUT2D eigenvalue weighted by atomic mass is 10.1. The Morgan fingerprint density at radius 1 is 1.20 bits per heavy atom. The molecule has 1 saturated heterocycles. The van der Waals surface area contributed by atoms with E-state index in [0.29, 0.717) is 13.0 Å². The summed E-state index contributed by atoms with van der Waals surface area (Å²) < 4.78 is 0. The van der Waals surface area contributed by atoms with Crippen LogP contribution in [0.5, 0.6) is 0 Å². The monoisotopic (exact) mass is 337 g/mol. The molecule has 0 spiro atoms. The van der Waals surface area contributed by atoms with Crippen molar-refractivity contribution in [2.75, 3.05) is 23.3 Å². The number of fused-ring (bicyclic) bond motifs is 1. The number of aliphatic hydroxyl groups is 1. The van der Waals surface area contributed by atoms with E-state index >= 15 is 0 Å². The van der Waals surface area contributed by atoms with Crippen molar-refractivity contribution >= 4 is 17.3 Å². The SMILES string of the molecule is O=C(Nc1ccc(CN2CCc3ccccc32)cc1)C1CC(O)CN1. The number of β-amino-alcohol motifs (C(OH)–C–C–N with tert-alkyl or cyclic N) is 1. The summed E-state index contributed by atoms with van der Waals surface area (Å²) in [6, 6.07) is 16.3. The summed E-state index contributed by atoms with van der Waals surface area (Å²) in [7, 11) is 0. The van der Waals surface area contributed by atoms with Gasteiger partial charge in [0, 0.05) is 31.0 Å². The molecule has 25 heavy (non-hydrogen) atoms. The van der Waals surface area contributed by atoms with Gasteiger partial charge < -0.3 is 20.6 Å². The highest BCUT2D eigenvalue weighted by Crippen LogP contribution is 2.29. The Balaban J connectivity index is 1.37. The molecular formula is C20H23N3O2. The van der Waals surface area contributed by atoms with Crippen LogP contribution in [0.1, 0.15) is 17.5 Å². The number of carbonyl (C=O) groups is 1. The minimum Gasteiger partial charge on any atom is -0.392 e. The Kier molecular flexibility index (Phi) is 4.42. The molecule has 3 N–H and O–H groups in total. The lowest BCUT2D eigenvalue weighted by molar-refractivity contribution is -0.117. The predicted molar refractivity (Wildman–Crippen MR) is 98.7 cm³/mol. The van der Waals surface area contributed by atoms with Crippen LogP contribution in [0.2, 0.25) is 0 Å². The molecule has 0 aliphatic carbocycles. The summed E-state index contributed by atoms with van der Waals surface area (Å²) in [5.41, 5.74) is 4.76. The second kappa shape index (κ2) is 6.86. The molecule has 0 saturated carbocycles. The smallest absolute Gasteiger partial charge is 0.241 e. The molecule has 5 nitrogen and oxygen atoms in total. The average molecular weight is 337 g/mol. The molecule has 2 aliphatic heterocycles. The molecule has 0 radical (unpaired) electrons. The third-order valence-corrected chi connectivity index (χ3v) is 5.00. The number of hydrogen-bond acceptors (Lipinski definition) is 4. The number of hydrogen-bond donors (Lipinski definition) is 3. The fourth-order valence-electron chi connectivity index (χ4n) is 3.63. The van der Waals surface area contributed by atoms with Crippen LogP contribution < -0.4 is 15.5 Å². The van der Waals surface area contributed by atoms with Gasteiger partial charge in [0.05, 0.1) is 12.1 Å². The first kappa shape index (κ1) is 16.1. The van der Waals surface area contributed by atoms with Crippen LogP contribution in [0.4, 0.5) is 11.4 Å². The summed E-state index contributed by atoms with van der Waals surface area (Å²) in [6.45, 7) is 2.41. The summed E-state index contributed by atoms with van der Waals surface area (Å²) in [6.07, 6.45) is 1.14. The zero-order valence-electron chi connectivity index (χ0n) is 14.1. The average Bonchev–Trinajstić information content (AvgIpc) is 3.24. The Hall–Kier alpha value is -2.37. The molecule has 2 aliphatic rings. The minimum atomic E-state index is -0.429. The molecule has 4 rings (SSSR count). The minimum absolute atomic E-state index is 0.0854. The molecule has 0 bridgehead atoms. The fraction of sp³-hybridized carbons (Fsp3) is 0.350. The van der Waals surface area contributed by atoms with Crippen LogP contribution in [0, 0.1) is 0 Å². The Morgan fingerprint density at radius 3 is 2.76 bits per heavy atom. The van der Waals surface area contributed by atoms with Gasteiger partial charge in [-0.05, 0) is 42.2 Å².